The molecule has 0 bridgehead atoms. The van der Waals surface area contributed by atoms with Crippen LogP contribution in [0.4, 0.5) is 0 Å². The molecule has 0 fully saturated rings. The van der Waals surface area contributed by atoms with Crippen LogP contribution in [0.25, 0.3) is 0 Å². The van der Waals surface area contributed by atoms with Crippen molar-refractivity contribution in [3.8, 4) is 0 Å². The number of benzene rings is 1. The van der Waals surface area contributed by atoms with E-state index in [1.165, 1.54) is 0 Å². The van der Waals surface area contributed by atoms with E-state index in [2.05, 4.69) is 20.9 Å². The van der Waals surface area contributed by atoms with E-state index in [0.717, 1.165) is 43.5 Å². The Bertz CT molecular complexity index is 714. The van der Waals surface area contributed by atoms with Gasteiger partial charge >= 0.3 is 0 Å². The van der Waals surface area contributed by atoms with E-state index >= 15 is 0 Å². The first-order valence-corrected chi connectivity index (χ1v) is 9.14. The number of hydrogen-bond donors (Lipinski definition) is 3. The lowest BCUT2D eigenvalue weighted by Gasteiger charge is -2.12. The van der Waals surface area contributed by atoms with Crippen LogP contribution in [0.15, 0.2) is 52.1 Å². The number of furan rings is 1. The van der Waals surface area contributed by atoms with Gasteiger partial charge in [0, 0.05) is 38.9 Å². The summed E-state index contributed by atoms with van der Waals surface area (Å²) in [5, 5.41) is 9.34. The predicted molar refractivity (Wildman–Crippen MR) is 106 cm³/mol. The van der Waals surface area contributed by atoms with Crippen LogP contribution in [-0.4, -0.2) is 38.7 Å². The Hall–Kier alpha value is -2.80. The minimum atomic E-state index is -0.133. The van der Waals surface area contributed by atoms with Gasteiger partial charge in [-0.25, -0.2) is 0 Å². The second-order valence-electron chi connectivity index (χ2n) is 5.87. The first-order chi connectivity index (χ1) is 13.2. The third kappa shape index (κ3) is 7.53. The Morgan fingerprint density at radius 3 is 2.78 bits per heavy atom. The van der Waals surface area contributed by atoms with Crippen LogP contribution in [-0.2, 0) is 17.8 Å². The first-order valence-electron chi connectivity index (χ1n) is 9.14. The summed E-state index contributed by atoms with van der Waals surface area (Å²) in [7, 11) is 1.73. The van der Waals surface area contributed by atoms with Gasteiger partial charge in [-0.2, -0.15) is 0 Å². The van der Waals surface area contributed by atoms with E-state index in [1.807, 2.05) is 31.2 Å². The third-order valence-electron chi connectivity index (χ3n) is 3.84. The molecule has 0 unspecified atom stereocenters. The largest absolute Gasteiger partial charge is 0.467 e. The molecule has 1 heterocycles. The van der Waals surface area contributed by atoms with Crippen LogP contribution in [0.5, 0.6) is 0 Å². The molecule has 0 aliphatic heterocycles. The zero-order valence-electron chi connectivity index (χ0n) is 16.0. The average Bonchev–Trinajstić information content (AvgIpc) is 3.22. The SMILES string of the molecule is CCOCCCNC(=NC)NCc1cccc(C(=O)NCc2ccco2)c1. The molecular formula is C20H28N4O3. The molecule has 0 atom stereocenters. The van der Waals surface area contributed by atoms with E-state index in [9.17, 15) is 4.79 Å². The predicted octanol–water partition coefficient (Wildman–Crippen LogP) is 2.30. The maximum absolute atomic E-state index is 12.3. The van der Waals surface area contributed by atoms with Gasteiger partial charge in [0.1, 0.15) is 5.76 Å². The van der Waals surface area contributed by atoms with E-state index in [0.29, 0.717) is 18.7 Å². The quantitative estimate of drug-likeness (QED) is 0.338. The standard InChI is InChI=1S/C20H28N4O3/c1-3-26-11-6-10-22-20(21-2)24-14-16-7-4-8-17(13-16)19(25)23-15-18-9-5-12-27-18/h4-5,7-9,12-13H,3,6,10-11,14-15H2,1-2H3,(H,23,25)(H2,21,22,24). The van der Waals surface area contributed by atoms with Gasteiger partial charge in [0.05, 0.1) is 12.8 Å². The Morgan fingerprint density at radius 1 is 1.15 bits per heavy atom. The van der Waals surface area contributed by atoms with Crippen molar-refractivity contribution in [3.05, 3.63) is 59.5 Å². The highest BCUT2D eigenvalue weighted by Crippen LogP contribution is 2.06. The first kappa shape index (κ1) is 20.5. The van der Waals surface area contributed by atoms with E-state index in [1.54, 1.807) is 25.4 Å². The molecule has 1 amide bonds. The van der Waals surface area contributed by atoms with Crippen molar-refractivity contribution in [1.82, 2.24) is 16.0 Å². The number of ether oxygens (including phenoxy) is 1. The molecule has 0 saturated carbocycles. The summed E-state index contributed by atoms with van der Waals surface area (Å²) in [6, 6.07) is 11.1. The molecule has 1 aromatic heterocycles. The molecule has 0 saturated heterocycles. The lowest BCUT2D eigenvalue weighted by molar-refractivity contribution is 0.0948. The van der Waals surface area contributed by atoms with Crippen LogP contribution >= 0.6 is 0 Å². The van der Waals surface area contributed by atoms with Crippen molar-refractivity contribution < 1.29 is 13.9 Å². The lowest BCUT2D eigenvalue weighted by Crippen LogP contribution is -2.37. The van der Waals surface area contributed by atoms with Crippen molar-refractivity contribution >= 4 is 11.9 Å². The highest BCUT2D eigenvalue weighted by atomic mass is 16.5. The van der Waals surface area contributed by atoms with Gasteiger partial charge in [-0.15, -0.1) is 0 Å². The summed E-state index contributed by atoms with van der Waals surface area (Å²) in [6.07, 6.45) is 2.51. The summed E-state index contributed by atoms with van der Waals surface area (Å²) >= 11 is 0. The van der Waals surface area contributed by atoms with Gasteiger partial charge in [0.15, 0.2) is 5.96 Å². The lowest BCUT2D eigenvalue weighted by atomic mass is 10.1. The van der Waals surface area contributed by atoms with Crippen molar-refractivity contribution in [2.24, 2.45) is 4.99 Å². The van der Waals surface area contributed by atoms with E-state index < -0.39 is 0 Å². The molecular weight excluding hydrogens is 344 g/mol. The van der Waals surface area contributed by atoms with Gasteiger partial charge < -0.3 is 25.1 Å². The van der Waals surface area contributed by atoms with Crippen molar-refractivity contribution in [1.29, 1.82) is 0 Å². The second kappa shape index (κ2) is 11.7. The number of nitrogens with zero attached hydrogens (tertiary/aromatic N) is 1. The Kier molecular flexibility index (Phi) is 8.92. The molecule has 146 valence electrons. The summed E-state index contributed by atoms with van der Waals surface area (Å²) in [5.74, 6) is 1.31. The molecule has 0 radical (unpaired) electrons. The van der Waals surface area contributed by atoms with Crippen LogP contribution in [0.2, 0.25) is 0 Å². The fourth-order valence-electron chi connectivity index (χ4n) is 2.44. The molecule has 7 nitrogen and oxygen atoms in total. The molecule has 2 aromatic rings. The number of nitrogens with one attached hydrogen (secondary N) is 3. The van der Waals surface area contributed by atoms with Gasteiger partial charge in [-0.3, -0.25) is 9.79 Å². The fraction of sp³-hybridized carbons (Fsp3) is 0.400. The maximum atomic E-state index is 12.3. The summed E-state index contributed by atoms with van der Waals surface area (Å²) < 4.78 is 10.5. The molecule has 3 N–H and O–H groups in total. The van der Waals surface area contributed by atoms with Crippen molar-refractivity contribution in [2.45, 2.75) is 26.4 Å². The minimum absolute atomic E-state index is 0.133. The van der Waals surface area contributed by atoms with Gasteiger partial charge in [-0.1, -0.05) is 12.1 Å². The number of amides is 1. The summed E-state index contributed by atoms with van der Waals surface area (Å²) in [6.45, 7) is 5.18. The van der Waals surface area contributed by atoms with Crippen molar-refractivity contribution in [3.63, 3.8) is 0 Å². The van der Waals surface area contributed by atoms with Crippen molar-refractivity contribution in [2.75, 3.05) is 26.8 Å². The van der Waals surface area contributed by atoms with Crippen LogP contribution in [0.1, 0.15) is 35.0 Å². The number of guanidine groups is 1. The molecule has 0 aliphatic carbocycles. The Balaban J connectivity index is 1.79. The second-order valence-corrected chi connectivity index (χ2v) is 5.87. The highest BCUT2D eigenvalue weighted by Gasteiger charge is 2.07. The van der Waals surface area contributed by atoms with Crippen LogP contribution in [0.3, 0.4) is 0 Å². The monoisotopic (exact) mass is 372 g/mol. The van der Waals surface area contributed by atoms with E-state index in [-0.39, 0.29) is 5.91 Å². The van der Waals surface area contributed by atoms with Gasteiger partial charge in [-0.05, 0) is 43.2 Å². The smallest absolute Gasteiger partial charge is 0.251 e. The van der Waals surface area contributed by atoms with Gasteiger partial charge in [0.25, 0.3) is 5.91 Å². The Morgan fingerprint density at radius 2 is 2.04 bits per heavy atom. The average molecular weight is 372 g/mol. The number of aliphatic imine (C=N–C) groups is 1. The maximum Gasteiger partial charge on any atom is 0.251 e. The molecule has 0 spiro atoms. The van der Waals surface area contributed by atoms with Gasteiger partial charge in [0.2, 0.25) is 0 Å². The van der Waals surface area contributed by atoms with Crippen LogP contribution in [0, 0.1) is 0 Å². The van der Waals surface area contributed by atoms with E-state index in [4.69, 9.17) is 9.15 Å². The third-order valence-corrected chi connectivity index (χ3v) is 3.84. The zero-order valence-corrected chi connectivity index (χ0v) is 16.0. The molecule has 2 rings (SSSR count). The fourth-order valence-corrected chi connectivity index (χ4v) is 2.44. The number of carbonyl (C=O) groups excluding carboxylic acids is 1. The minimum Gasteiger partial charge on any atom is -0.467 e. The normalized spacial score (nSPS) is 11.3. The zero-order chi connectivity index (χ0) is 19.3. The summed E-state index contributed by atoms with van der Waals surface area (Å²) in [4.78, 5) is 16.5. The Labute approximate surface area is 160 Å². The molecule has 0 aliphatic rings. The highest BCUT2D eigenvalue weighted by molar-refractivity contribution is 5.94. The topological polar surface area (TPSA) is 87.9 Å². The van der Waals surface area contributed by atoms with Crippen LogP contribution < -0.4 is 16.0 Å². The molecule has 1 aromatic carbocycles. The number of carbonyl (C=O) groups is 1. The molecule has 27 heavy (non-hydrogen) atoms. The number of rotatable bonds is 10. The number of hydrogen-bond acceptors (Lipinski definition) is 4. The molecule has 7 heteroatoms. The summed E-state index contributed by atoms with van der Waals surface area (Å²) in [5.41, 5.74) is 1.61.